The number of carboxylic acid groups (broad SMARTS) is 1. The van der Waals surface area contributed by atoms with E-state index in [-0.39, 0.29) is 19.0 Å². The van der Waals surface area contributed by atoms with Crippen LogP contribution in [0, 0.1) is 0 Å². The number of carbonyl (C=O) groups is 2. The van der Waals surface area contributed by atoms with Gasteiger partial charge < -0.3 is 10.4 Å². The highest BCUT2D eigenvalue weighted by Crippen LogP contribution is 1.97. The summed E-state index contributed by atoms with van der Waals surface area (Å²) in [6.07, 6.45) is 0.769. The highest BCUT2D eigenvalue weighted by Gasteiger charge is 2.01. The third-order valence-corrected chi connectivity index (χ3v) is 2.14. The molecule has 1 aromatic rings. The maximum atomic E-state index is 11.2. The van der Waals surface area contributed by atoms with Crippen molar-refractivity contribution in [3.63, 3.8) is 0 Å². The molecule has 0 fully saturated rings. The average molecular weight is 236 g/mol. The van der Waals surface area contributed by atoms with Crippen molar-refractivity contribution >= 4 is 11.9 Å². The molecule has 0 bridgehead atoms. The first-order valence-corrected chi connectivity index (χ1v) is 5.41. The number of hydrogen-bond donors (Lipinski definition) is 3. The van der Waals surface area contributed by atoms with Crippen LogP contribution in [-0.2, 0) is 16.0 Å². The molecule has 0 aliphatic heterocycles. The Labute approximate surface area is 99.8 Å². The van der Waals surface area contributed by atoms with Gasteiger partial charge in [0, 0.05) is 6.54 Å². The van der Waals surface area contributed by atoms with E-state index in [1.807, 2.05) is 30.3 Å². The Morgan fingerprint density at radius 3 is 2.47 bits per heavy atom. The zero-order chi connectivity index (χ0) is 12.5. The van der Waals surface area contributed by atoms with Gasteiger partial charge in [-0.25, -0.2) is 0 Å². The van der Waals surface area contributed by atoms with Crippen molar-refractivity contribution in [2.75, 3.05) is 19.6 Å². The van der Waals surface area contributed by atoms with E-state index in [1.165, 1.54) is 0 Å². The lowest BCUT2D eigenvalue weighted by Gasteiger charge is -2.05. The molecule has 1 rings (SSSR count). The molecule has 17 heavy (non-hydrogen) atoms. The third-order valence-electron chi connectivity index (χ3n) is 2.14. The minimum absolute atomic E-state index is 0.0289. The Morgan fingerprint density at radius 1 is 1.12 bits per heavy atom. The number of carbonyl (C=O) groups excluding carboxylic acids is 1. The van der Waals surface area contributed by atoms with Gasteiger partial charge >= 0.3 is 5.97 Å². The van der Waals surface area contributed by atoms with Gasteiger partial charge in [-0.2, -0.15) is 0 Å². The number of benzene rings is 1. The molecule has 0 aliphatic rings. The Bertz CT molecular complexity index is 365. The highest BCUT2D eigenvalue weighted by molar-refractivity contribution is 5.78. The average Bonchev–Trinajstić information content (AvgIpc) is 2.30. The van der Waals surface area contributed by atoms with Crippen LogP contribution in [0.5, 0.6) is 0 Å². The molecule has 92 valence electrons. The molecule has 1 amide bonds. The molecule has 0 aliphatic carbocycles. The molecule has 0 radical (unpaired) electrons. The van der Waals surface area contributed by atoms with E-state index in [9.17, 15) is 9.59 Å². The summed E-state index contributed by atoms with van der Waals surface area (Å²) in [6.45, 7) is 0.380. The molecule has 1 aromatic carbocycles. The molecule has 0 heterocycles. The Hall–Kier alpha value is -1.88. The van der Waals surface area contributed by atoms with Crippen LogP contribution < -0.4 is 10.6 Å². The topological polar surface area (TPSA) is 78.4 Å². The second-order valence-corrected chi connectivity index (χ2v) is 3.58. The van der Waals surface area contributed by atoms with E-state index >= 15 is 0 Å². The highest BCUT2D eigenvalue weighted by atomic mass is 16.4. The van der Waals surface area contributed by atoms with Gasteiger partial charge in [0.2, 0.25) is 5.91 Å². The van der Waals surface area contributed by atoms with Crippen LogP contribution in [0.25, 0.3) is 0 Å². The van der Waals surface area contributed by atoms with Crippen molar-refractivity contribution in [1.29, 1.82) is 0 Å². The first-order chi connectivity index (χ1) is 8.18. The molecule has 3 N–H and O–H groups in total. The molecule has 0 spiro atoms. The van der Waals surface area contributed by atoms with Crippen LogP contribution in [0.4, 0.5) is 0 Å². The van der Waals surface area contributed by atoms with Gasteiger partial charge in [-0.3, -0.25) is 14.9 Å². The summed E-state index contributed by atoms with van der Waals surface area (Å²) in [5, 5.41) is 13.6. The van der Waals surface area contributed by atoms with E-state index in [0.717, 1.165) is 12.0 Å². The molecule has 0 saturated carbocycles. The largest absolute Gasteiger partial charge is 0.480 e. The smallest absolute Gasteiger partial charge is 0.317 e. The molecule has 0 saturated heterocycles. The zero-order valence-electron chi connectivity index (χ0n) is 9.48. The SMILES string of the molecule is O=C(O)CNCC(=O)NCCc1ccccc1. The van der Waals surface area contributed by atoms with Gasteiger partial charge in [0.25, 0.3) is 0 Å². The van der Waals surface area contributed by atoms with Crippen molar-refractivity contribution in [1.82, 2.24) is 10.6 Å². The number of nitrogens with one attached hydrogen (secondary N) is 2. The summed E-state index contributed by atoms with van der Waals surface area (Å²) in [7, 11) is 0. The predicted octanol–water partition coefficient (Wildman–Crippen LogP) is 0.0195. The Kier molecular flexibility index (Phi) is 5.74. The maximum Gasteiger partial charge on any atom is 0.317 e. The maximum absolute atomic E-state index is 11.2. The lowest BCUT2D eigenvalue weighted by Crippen LogP contribution is -2.36. The lowest BCUT2D eigenvalue weighted by molar-refractivity contribution is -0.136. The fourth-order valence-corrected chi connectivity index (χ4v) is 1.34. The summed E-state index contributed by atoms with van der Waals surface area (Å²) in [5.74, 6) is -1.16. The number of rotatable bonds is 7. The van der Waals surface area contributed by atoms with Crippen LogP contribution in [0.3, 0.4) is 0 Å². The summed E-state index contributed by atoms with van der Waals surface area (Å²) in [6, 6.07) is 9.83. The summed E-state index contributed by atoms with van der Waals surface area (Å²) in [4.78, 5) is 21.4. The molecular formula is C12H16N2O3. The van der Waals surface area contributed by atoms with E-state index in [0.29, 0.717) is 6.54 Å². The minimum atomic E-state index is -0.970. The van der Waals surface area contributed by atoms with Gasteiger partial charge in [0.05, 0.1) is 13.1 Å². The minimum Gasteiger partial charge on any atom is -0.480 e. The van der Waals surface area contributed by atoms with Gasteiger partial charge in [-0.15, -0.1) is 0 Å². The molecular weight excluding hydrogens is 220 g/mol. The zero-order valence-corrected chi connectivity index (χ0v) is 9.48. The summed E-state index contributed by atoms with van der Waals surface area (Å²) in [5.41, 5.74) is 1.16. The van der Waals surface area contributed by atoms with E-state index in [1.54, 1.807) is 0 Å². The Balaban J connectivity index is 2.10. The summed E-state index contributed by atoms with van der Waals surface area (Å²) < 4.78 is 0. The van der Waals surface area contributed by atoms with Crippen LogP contribution in [0.2, 0.25) is 0 Å². The number of carboxylic acids is 1. The van der Waals surface area contributed by atoms with Gasteiger partial charge in [0.15, 0.2) is 0 Å². The fourth-order valence-electron chi connectivity index (χ4n) is 1.34. The Morgan fingerprint density at radius 2 is 1.82 bits per heavy atom. The molecule has 5 heteroatoms. The van der Waals surface area contributed by atoms with Crippen LogP contribution in [0.1, 0.15) is 5.56 Å². The number of hydrogen-bond acceptors (Lipinski definition) is 3. The molecule has 5 nitrogen and oxygen atoms in total. The summed E-state index contributed by atoms with van der Waals surface area (Å²) >= 11 is 0. The van der Waals surface area contributed by atoms with Gasteiger partial charge in [-0.1, -0.05) is 30.3 Å². The quantitative estimate of drug-likeness (QED) is 0.623. The standard InChI is InChI=1S/C12H16N2O3/c15-11(8-13-9-12(16)17)14-7-6-10-4-2-1-3-5-10/h1-5,13H,6-9H2,(H,14,15)(H,16,17). The van der Waals surface area contributed by atoms with Crippen molar-refractivity contribution in [2.24, 2.45) is 0 Å². The predicted molar refractivity (Wildman–Crippen MR) is 63.7 cm³/mol. The number of amides is 1. The van der Waals surface area contributed by atoms with E-state index in [4.69, 9.17) is 5.11 Å². The van der Waals surface area contributed by atoms with Crippen LogP contribution >= 0.6 is 0 Å². The fraction of sp³-hybridized carbons (Fsp3) is 0.333. The second-order valence-electron chi connectivity index (χ2n) is 3.58. The van der Waals surface area contributed by atoms with Crippen LogP contribution in [0.15, 0.2) is 30.3 Å². The van der Waals surface area contributed by atoms with Gasteiger partial charge in [0.1, 0.15) is 0 Å². The molecule has 0 unspecified atom stereocenters. The van der Waals surface area contributed by atoms with Crippen molar-refractivity contribution in [2.45, 2.75) is 6.42 Å². The van der Waals surface area contributed by atoms with Crippen molar-refractivity contribution in [3.8, 4) is 0 Å². The monoisotopic (exact) mass is 236 g/mol. The van der Waals surface area contributed by atoms with E-state index < -0.39 is 5.97 Å². The normalized spacial score (nSPS) is 9.88. The molecule has 0 aromatic heterocycles. The molecule has 0 atom stereocenters. The lowest BCUT2D eigenvalue weighted by atomic mass is 10.1. The van der Waals surface area contributed by atoms with Crippen molar-refractivity contribution in [3.05, 3.63) is 35.9 Å². The van der Waals surface area contributed by atoms with E-state index in [2.05, 4.69) is 10.6 Å². The first kappa shape index (κ1) is 13.2. The third kappa shape index (κ3) is 6.32. The van der Waals surface area contributed by atoms with Crippen LogP contribution in [-0.4, -0.2) is 36.6 Å². The second kappa shape index (κ2) is 7.40. The van der Waals surface area contributed by atoms with Crippen molar-refractivity contribution < 1.29 is 14.7 Å². The first-order valence-electron chi connectivity index (χ1n) is 5.41. The number of aliphatic carboxylic acids is 1. The van der Waals surface area contributed by atoms with Gasteiger partial charge in [-0.05, 0) is 12.0 Å².